The normalized spacial score (nSPS) is 31.4. The quantitative estimate of drug-likeness (QED) is 0.896. The zero-order valence-corrected chi connectivity index (χ0v) is 12.2. The van der Waals surface area contributed by atoms with Crippen LogP contribution in [0.1, 0.15) is 49.8 Å². The Morgan fingerprint density at radius 1 is 1.26 bits per heavy atom. The molecule has 3 unspecified atom stereocenters. The van der Waals surface area contributed by atoms with Crippen molar-refractivity contribution in [2.45, 2.75) is 57.2 Å². The third kappa shape index (κ3) is 2.32. The second-order valence-corrected chi connectivity index (χ2v) is 6.01. The van der Waals surface area contributed by atoms with Crippen LogP contribution in [-0.2, 0) is 6.42 Å². The highest BCUT2D eigenvalue weighted by atomic mass is 15.2. The molecule has 1 aromatic carbocycles. The highest BCUT2D eigenvalue weighted by Crippen LogP contribution is 2.36. The van der Waals surface area contributed by atoms with E-state index in [1.54, 1.807) is 5.56 Å². The van der Waals surface area contributed by atoms with Crippen molar-refractivity contribution in [3.63, 3.8) is 0 Å². The van der Waals surface area contributed by atoms with Gasteiger partial charge in [0.2, 0.25) is 0 Å². The van der Waals surface area contributed by atoms with Crippen molar-refractivity contribution in [2.24, 2.45) is 0 Å². The molecule has 1 heterocycles. The Kier molecular flexibility index (Phi) is 3.90. The summed E-state index contributed by atoms with van der Waals surface area (Å²) in [7, 11) is 2.12. The number of hydrogen-bond acceptors (Lipinski definition) is 2. The van der Waals surface area contributed by atoms with Gasteiger partial charge in [-0.1, -0.05) is 31.2 Å². The Hall–Kier alpha value is -0.860. The molecular formula is C17H26N2. The molecule has 19 heavy (non-hydrogen) atoms. The summed E-state index contributed by atoms with van der Waals surface area (Å²) in [5.41, 5.74) is 3.08. The summed E-state index contributed by atoms with van der Waals surface area (Å²) in [6, 6.07) is 11.0. The van der Waals surface area contributed by atoms with Gasteiger partial charge in [0, 0.05) is 18.1 Å². The van der Waals surface area contributed by atoms with E-state index in [9.17, 15) is 0 Å². The van der Waals surface area contributed by atoms with E-state index in [1.165, 1.54) is 44.2 Å². The Bertz CT molecular complexity index is 429. The molecule has 2 nitrogen and oxygen atoms in total. The van der Waals surface area contributed by atoms with Crippen molar-refractivity contribution in [3.8, 4) is 0 Å². The van der Waals surface area contributed by atoms with Crippen LogP contribution in [0, 0.1) is 0 Å². The number of nitrogens with one attached hydrogen (secondary N) is 1. The Morgan fingerprint density at radius 2 is 2.11 bits per heavy atom. The molecule has 1 aliphatic carbocycles. The number of fused-ring (bicyclic) bond motifs is 1. The first-order valence-corrected chi connectivity index (χ1v) is 7.86. The van der Waals surface area contributed by atoms with Gasteiger partial charge >= 0.3 is 0 Å². The first kappa shape index (κ1) is 13.1. The number of benzene rings is 1. The standard InChI is InChI=1S/C17H26N2/c1-3-14-8-6-12-19(14)16-11-10-13-7-4-5-9-15(13)17(16)18-2/h4-5,7,9,14,16-18H,3,6,8,10-12H2,1-2H3. The Balaban J connectivity index is 1.87. The summed E-state index contributed by atoms with van der Waals surface area (Å²) < 4.78 is 0. The van der Waals surface area contributed by atoms with Crippen LogP contribution in [0.15, 0.2) is 24.3 Å². The smallest absolute Gasteiger partial charge is 0.0478 e. The molecule has 1 aliphatic heterocycles. The molecule has 2 heteroatoms. The van der Waals surface area contributed by atoms with Crippen molar-refractivity contribution in [1.29, 1.82) is 0 Å². The van der Waals surface area contributed by atoms with E-state index in [-0.39, 0.29) is 0 Å². The van der Waals surface area contributed by atoms with Gasteiger partial charge in [-0.3, -0.25) is 4.90 Å². The number of rotatable bonds is 3. The van der Waals surface area contributed by atoms with Gasteiger partial charge in [-0.05, 0) is 56.8 Å². The number of likely N-dealkylation sites (N-methyl/N-ethyl adjacent to an activating group) is 1. The summed E-state index contributed by atoms with van der Waals surface area (Å²) >= 11 is 0. The topological polar surface area (TPSA) is 15.3 Å². The number of hydrogen-bond donors (Lipinski definition) is 1. The average Bonchev–Trinajstić information content (AvgIpc) is 2.94. The first-order valence-electron chi connectivity index (χ1n) is 7.86. The van der Waals surface area contributed by atoms with Gasteiger partial charge in [0.05, 0.1) is 0 Å². The molecule has 1 aromatic rings. The average molecular weight is 258 g/mol. The Morgan fingerprint density at radius 3 is 2.89 bits per heavy atom. The van der Waals surface area contributed by atoms with Crippen LogP contribution in [0.4, 0.5) is 0 Å². The molecule has 3 rings (SSSR count). The van der Waals surface area contributed by atoms with E-state index in [2.05, 4.69) is 48.5 Å². The highest BCUT2D eigenvalue weighted by Gasteiger charge is 2.37. The van der Waals surface area contributed by atoms with Gasteiger partial charge in [-0.2, -0.15) is 0 Å². The summed E-state index contributed by atoms with van der Waals surface area (Å²) in [6.07, 6.45) is 6.62. The van der Waals surface area contributed by atoms with Crippen LogP contribution < -0.4 is 5.32 Å². The van der Waals surface area contributed by atoms with Gasteiger partial charge < -0.3 is 5.32 Å². The molecule has 0 aromatic heterocycles. The molecule has 0 radical (unpaired) electrons. The molecular weight excluding hydrogens is 232 g/mol. The summed E-state index contributed by atoms with van der Waals surface area (Å²) in [6.45, 7) is 3.64. The Labute approximate surface area is 117 Å². The first-order chi connectivity index (χ1) is 9.35. The lowest BCUT2D eigenvalue weighted by molar-refractivity contribution is 0.127. The van der Waals surface area contributed by atoms with E-state index in [0.717, 1.165) is 6.04 Å². The molecule has 0 bridgehead atoms. The predicted octanol–water partition coefficient (Wildman–Crippen LogP) is 3.14. The van der Waals surface area contributed by atoms with E-state index in [0.29, 0.717) is 12.1 Å². The summed E-state index contributed by atoms with van der Waals surface area (Å²) in [4.78, 5) is 2.79. The zero-order chi connectivity index (χ0) is 13.2. The minimum atomic E-state index is 0.511. The molecule has 2 aliphatic rings. The second-order valence-electron chi connectivity index (χ2n) is 6.01. The van der Waals surface area contributed by atoms with Crippen LogP contribution in [0.2, 0.25) is 0 Å². The van der Waals surface area contributed by atoms with Crippen LogP contribution in [0.3, 0.4) is 0 Å². The van der Waals surface area contributed by atoms with Crippen molar-refractivity contribution in [1.82, 2.24) is 10.2 Å². The van der Waals surface area contributed by atoms with Crippen molar-refractivity contribution >= 4 is 0 Å². The molecule has 1 saturated heterocycles. The fourth-order valence-corrected chi connectivity index (χ4v) is 4.18. The zero-order valence-electron chi connectivity index (χ0n) is 12.2. The molecule has 104 valence electrons. The fourth-order valence-electron chi connectivity index (χ4n) is 4.18. The number of likely N-dealkylation sites (tertiary alicyclic amines) is 1. The van der Waals surface area contributed by atoms with E-state index < -0.39 is 0 Å². The van der Waals surface area contributed by atoms with Crippen LogP contribution >= 0.6 is 0 Å². The van der Waals surface area contributed by atoms with Gasteiger partial charge in [-0.25, -0.2) is 0 Å². The molecule has 0 spiro atoms. The van der Waals surface area contributed by atoms with Gasteiger partial charge in [-0.15, -0.1) is 0 Å². The number of aryl methyl sites for hydroxylation is 1. The minimum Gasteiger partial charge on any atom is -0.312 e. The molecule has 1 fully saturated rings. The lowest BCUT2D eigenvalue weighted by Gasteiger charge is -2.41. The second kappa shape index (κ2) is 5.64. The van der Waals surface area contributed by atoms with E-state index in [1.807, 2.05) is 0 Å². The molecule has 3 atom stereocenters. The van der Waals surface area contributed by atoms with Gasteiger partial charge in [0.1, 0.15) is 0 Å². The maximum absolute atomic E-state index is 3.59. The highest BCUT2D eigenvalue weighted by molar-refractivity contribution is 5.34. The third-order valence-corrected chi connectivity index (χ3v) is 5.12. The monoisotopic (exact) mass is 258 g/mol. The van der Waals surface area contributed by atoms with Crippen molar-refractivity contribution in [3.05, 3.63) is 35.4 Å². The largest absolute Gasteiger partial charge is 0.312 e. The predicted molar refractivity (Wildman–Crippen MR) is 80.4 cm³/mol. The summed E-state index contributed by atoms with van der Waals surface area (Å²) in [5.74, 6) is 0. The minimum absolute atomic E-state index is 0.511. The van der Waals surface area contributed by atoms with Crippen molar-refractivity contribution < 1.29 is 0 Å². The van der Waals surface area contributed by atoms with Gasteiger partial charge in [0.25, 0.3) is 0 Å². The van der Waals surface area contributed by atoms with E-state index >= 15 is 0 Å². The lowest BCUT2D eigenvalue weighted by Crippen LogP contribution is -2.48. The van der Waals surface area contributed by atoms with Crippen LogP contribution in [0.25, 0.3) is 0 Å². The third-order valence-electron chi connectivity index (χ3n) is 5.12. The fraction of sp³-hybridized carbons (Fsp3) is 0.647. The van der Waals surface area contributed by atoms with Crippen LogP contribution in [-0.4, -0.2) is 30.6 Å². The maximum atomic E-state index is 3.59. The van der Waals surface area contributed by atoms with Crippen molar-refractivity contribution in [2.75, 3.05) is 13.6 Å². The van der Waals surface area contributed by atoms with Gasteiger partial charge in [0.15, 0.2) is 0 Å². The SMILES string of the molecule is CCC1CCCN1C1CCc2ccccc2C1NC. The van der Waals surface area contributed by atoms with E-state index in [4.69, 9.17) is 0 Å². The number of nitrogens with zero attached hydrogens (tertiary/aromatic N) is 1. The molecule has 0 amide bonds. The molecule has 1 N–H and O–H groups in total. The summed E-state index contributed by atoms with van der Waals surface area (Å²) in [5, 5.41) is 3.59. The van der Waals surface area contributed by atoms with Crippen LogP contribution in [0.5, 0.6) is 0 Å². The lowest BCUT2D eigenvalue weighted by atomic mass is 9.83. The maximum Gasteiger partial charge on any atom is 0.0478 e. The molecule has 0 saturated carbocycles.